The number of halogens is 1. The Morgan fingerprint density at radius 2 is 1.71 bits per heavy atom. The third kappa shape index (κ3) is 5.70. The molecule has 0 radical (unpaired) electrons. The number of amides is 1. The second-order valence-electron chi connectivity index (χ2n) is 6.49. The molecule has 0 aliphatic heterocycles. The van der Waals surface area contributed by atoms with Crippen molar-refractivity contribution in [1.82, 2.24) is 4.90 Å². The topological polar surface area (TPSA) is 76.1 Å². The molecule has 1 atom stereocenters. The first-order valence-corrected chi connectivity index (χ1v) is 8.80. The number of carboxylic acids is 1. The molecule has 28 heavy (non-hydrogen) atoms. The normalized spacial score (nSPS) is 11.6. The van der Waals surface area contributed by atoms with Crippen LogP contribution in [0.2, 0.25) is 0 Å². The zero-order chi connectivity index (χ0) is 20.7. The highest BCUT2D eigenvalue weighted by Crippen LogP contribution is 2.25. The van der Waals surface area contributed by atoms with Crippen molar-refractivity contribution in [2.45, 2.75) is 25.8 Å². The quantitative estimate of drug-likeness (QED) is 0.711. The molecule has 6 nitrogen and oxygen atoms in total. The first-order chi connectivity index (χ1) is 13.3. The Morgan fingerprint density at radius 3 is 2.25 bits per heavy atom. The van der Waals surface area contributed by atoms with Crippen LogP contribution in [0.5, 0.6) is 11.5 Å². The zero-order valence-electron chi connectivity index (χ0n) is 16.1. The van der Waals surface area contributed by atoms with Crippen molar-refractivity contribution >= 4 is 11.9 Å². The van der Waals surface area contributed by atoms with Crippen LogP contribution < -0.4 is 9.47 Å². The van der Waals surface area contributed by atoms with E-state index in [-0.39, 0.29) is 30.6 Å². The largest absolute Gasteiger partial charge is 0.497 e. The summed E-state index contributed by atoms with van der Waals surface area (Å²) in [6, 6.07) is 11.4. The van der Waals surface area contributed by atoms with Crippen LogP contribution in [-0.4, -0.2) is 42.6 Å². The summed E-state index contributed by atoms with van der Waals surface area (Å²) in [5, 5.41) is 9.20. The molecule has 0 spiro atoms. The maximum atomic E-state index is 14.0. The summed E-state index contributed by atoms with van der Waals surface area (Å²) in [5.41, 5.74) is 1.10. The monoisotopic (exact) mass is 389 g/mol. The van der Waals surface area contributed by atoms with E-state index in [0.29, 0.717) is 22.6 Å². The zero-order valence-corrected chi connectivity index (χ0v) is 16.1. The highest BCUT2D eigenvalue weighted by atomic mass is 19.1. The van der Waals surface area contributed by atoms with E-state index in [9.17, 15) is 19.1 Å². The fraction of sp³-hybridized carbons (Fsp3) is 0.333. The Bertz CT molecular complexity index is 817. The summed E-state index contributed by atoms with van der Waals surface area (Å²) in [6.45, 7) is 1.36. The van der Waals surface area contributed by atoms with Crippen LogP contribution in [-0.2, 0) is 16.1 Å². The van der Waals surface area contributed by atoms with Gasteiger partial charge in [-0.1, -0.05) is 25.1 Å². The van der Waals surface area contributed by atoms with Crippen LogP contribution in [0.4, 0.5) is 4.39 Å². The van der Waals surface area contributed by atoms with Gasteiger partial charge in [0.15, 0.2) is 0 Å². The number of carbonyl (C=O) groups is 2. The SMILES string of the molecule is COc1cc(CN(CC(=O)O)C(=O)CC(C)c2ccccc2F)cc(OC)c1. The lowest BCUT2D eigenvalue weighted by molar-refractivity contribution is -0.145. The van der Waals surface area contributed by atoms with Crippen LogP contribution in [0, 0.1) is 5.82 Å². The van der Waals surface area contributed by atoms with E-state index in [0.717, 1.165) is 0 Å². The third-order valence-corrected chi connectivity index (χ3v) is 4.38. The lowest BCUT2D eigenvalue weighted by Gasteiger charge is -2.23. The van der Waals surface area contributed by atoms with E-state index in [1.165, 1.54) is 25.2 Å². The summed E-state index contributed by atoms with van der Waals surface area (Å²) in [6.07, 6.45) is -0.00465. The second-order valence-corrected chi connectivity index (χ2v) is 6.49. The van der Waals surface area contributed by atoms with Gasteiger partial charge in [0.05, 0.1) is 14.2 Å². The predicted molar refractivity (Wildman–Crippen MR) is 102 cm³/mol. The van der Waals surface area contributed by atoms with Crippen LogP contribution in [0.3, 0.4) is 0 Å². The molecular weight excluding hydrogens is 365 g/mol. The van der Waals surface area contributed by atoms with Crippen LogP contribution in [0.1, 0.15) is 30.4 Å². The average molecular weight is 389 g/mol. The molecule has 2 aromatic carbocycles. The van der Waals surface area contributed by atoms with Crippen molar-refractivity contribution in [3.05, 3.63) is 59.4 Å². The number of methoxy groups -OCH3 is 2. The maximum absolute atomic E-state index is 14.0. The lowest BCUT2D eigenvalue weighted by atomic mass is 9.96. The van der Waals surface area contributed by atoms with Gasteiger partial charge >= 0.3 is 5.97 Å². The first-order valence-electron chi connectivity index (χ1n) is 8.80. The van der Waals surface area contributed by atoms with Gasteiger partial charge in [0.2, 0.25) is 5.91 Å². The highest BCUT2D eigenvalue weighted by molar-refractivity contribution is 5.82. The fourth-order valence-corrected chi connectivity index (χ4v) is 2.95. The number of ether oxygens (including phenoxy) is 2. The van der Waals surface area contributed by atoms with E-state index in [1.54, 1.807) is 43.3 Å². The van der Waals surface area contributed by atoms with E-state index in [2.05, 4.69) is 0 Å². The third-order valence-electron chi connectivity index (χ3n) is 4.38. The molecule has 0 heterocycles. The van der Waals surface area contributed by atoms with Gasteiger partial charge in [-0.15, -0.1) is 0 Å². The molecule has 0 saturated carbocycles. The van der Waals surface area contributed by atoms with Gasteiger partial charge in [0.1, 0.15) is 23.9 Å². The molecule has 2 aromatic rings. The number of benzene rings is 2. The second kappa shape index (κ2) is 9.73. The number of rotatable bonds is 9. The van der Waals surface area contributed by atoms with Gasteiger partial charge < -0.3 is 19.5 Å². The minimum Gasteiger partial charge on any atom is -0.497 e. The van der Waals surface area contributed by atoms with E-state index in [1.807, 2.05) is 0 Å². The molecule has 0 bridgehead atoms. The molecule has 150 valence electrons. The van der Waals surface area contributed by atoms with E-state index >= 15 is 0 Å². The Hall–Kier alpha value is -3.09. The van der Waals surface area contributed by atoms with Gasteiger partial charge in [-0.25, -0.2) is 4.39 Å². The van der Waals surface area contributed by atoms with Gasteiger partial charge in [-0.05, 0) is 35.2 Å². The van der Waals surface area contributed by atoms with Crippen molar-refractivity contribution in [3.8, 4) is 11.5 Å². The maximum Gasteiger partial charge on any atom is 0.323 e. The minimum absolute atomic E-state index is 0.00465. The molecule has 1 unspecified atom stereocenters. The molecule has 0 aromatic heterocycles. The number of aliphatic carboxylic acids is 1. The van der Waals surface area contributed by atoms with Crippen molar-refractivity contribution in [2.75, 3.05) is 20.8 Å². The molecule has 1 amide bonds. The van der Waals surface area contributed by atoms with E-state index < -0.39 is 12.5 Å². The Balaban J connectivity index is 2.20. The average Bonchev–Trinajstić information content (AvgIpc) is 2.66. The predicted octanol–water partition coefficient (Wildman–Crippen LogP) is 3.45. The van der Waals surface area contributed by atoms with Crippen molar-refractivity contribution in [3.63, 3.8) is 0 Å². The number of carbonyl (C=O) groups excluding carboxylic acids is 1. The molecule has 0 saturated heterocycles. The Morgan fingerprint density at radius 1 is 1.11 bits per heavy atom. The number of hydrogen-bond acceptors (Lipinski definition) is 4. The van der Waals surface area contributed by atoms with Crippen molar-refractivity contribution in [1.29, 1.82) is 0 Å². The first kappa shape index (κ1) is 21.2. The Labute approximate surface area is 163 Å². The smallest absolute Gasteiger partial charge is 0.323 e. The number of hydrogen-bond donors (Lipinski definition) is 1. The molecule has 0 fully saturated rings. The van der Waals surface area contributed by atoms with Crippen LogP contribution in [0.25, 0.3) is 0 Å². The highest BCUT2D eigenvalue weighted by Gasteiger charge is 2.22. The fourth-order valence-electron chi connectivity index (χ4n) is 2.95. The molecule has 2 rings (SSSR count). The van der Waals surface area contributed by atoms with Gasteiger partial charge in [0.25, 0.3) is 0 Å². The van der Waals surface area contributed by atoms with Gasteiger partial charge in [-0.2, -0.15) is 0 Å². The van der Waals surface area contributed by atoms with E-state index in [4.69, 9.17) is 9.47 Å². The molecule has 1 N–H and O–H groups in total. The molecule has 0 aliphatic carbocycles. The van der Waals surface area contributed by atoms with Crippen molar-refractivity contribution < 1.29 is 28.6 Å². The van der Waals surface area contributed by atoms with Gasteiger partial charge in [0, 0.05) is 19.0 Å². The number of carboxylic acid groups (broad SMARTS) is 1. The van der Waals surface area contributed by atoms with Gasteiger partial charge in [-0.3, -0.25) is 9.59 Å². The minimum atomic E-state index is -1.12. The lowest BCUT2D eigenvalue weighted by Crippen LogP contribution is -2.35. The Kier molecular flexibility index (Phi) is 7.37. The summed E-state index contributed by atoms with van der Waals surface area (Å²) >= 11 is 0. The van der Waals surface area contributed by atoms with Crippen LogP contribution in [0.15, 0.2) is 42.5 Å². The molecule has 0 aliphatic rings. The summed E-state index contributed by atoms with van der Waals surface area (Å²) in [5.74, 6) is -1.19. The summed E-state index contributed by atoms with van der Waals surface area (Å²) < 4.78 is 24.4. The van der Waals surface area contributed by atoms with Crippen molar-refractivity contribution in [2.24, 2.45) is 0 Å². The number of nitrogens with zero attached hydrogens (tertiary/aromatic N) is 1. The van der Waals surface area contributed by atoms with Crippen LogP contribution >= 0.6 is 0 Å². The molecular formula is C21H24FNO5. The summed E-state index contributed by atoms with van der Waals surface area (Å²) in [4.78, 5) is 25.3. The summed E-state index contributed by atoms with van der Waals surface area (Å²) in [7, 11) is 3.02. The molecule has 7 heteroatoms. The standard InChI is InChI=1S/C21H24FNO5/c1-14(18-6-4-5-7-19(18)22)8-20(24)23(13-21(25)26)12-15-9-16(27-2)11-17(10-15)28-3/h4-7,9-11,14H,8,12-13H2,1-3H3,(H,25,26).